The maximum Gasteiger partial charge on any atom is 0.137 e. The van der Waals surface area contributed by atoms with Gasteiger partial charge >= 0.3 is 0 Å². The first-order valence-electron chi connectivity index (χ1n) is 5.95. The van der Waals surface area contributed by atoms with E-state index in [1.807, 2.05) is 19.1 Å². The summed E-state index contributed by atoms with van der Waals surface area (Å²) >= 11 is 6.07. The second kappa shape index (κ2) is 5.93. The molecule has 0 radical (unpaired) electrons. The Morgan fingerprint density at radius 3 is 2.42 bits per heavy atom. The van der Waals surface area contributed by atoms with Crippen LogP contribution in [0, 0.1) is 5.82 Å². The first-order valence-corrected chi connectivity index (χ1v) is 6.33. The van der Waals surface area contributed by atoms with Gasteiger partial charge in [-0.2, -0.15) is 0 Å². The molecule has 0 aromatic heterocycles. The van der Waals surface area contributed by atoms with Crippen LogP contribution in [0.15, 0.2) is 42.5 Å². The van der Waals surface area contributed by atoms with Crippen LogP contribution in [0.1, 0.15) is 18.5 Å². The number of methoxy groups -OCH3 is 1. The van der Waals surface area contributed by atoms with Crippen molar-refractivity contribution >= 4 is 17.3 Å². The minimum atomic E-state index is -0.233. The van der Waals surface area contributed by atoms with Crippen molar-refractivity contribution in [3.05, 3.63) is 58.9 Å². The van der Waals surface area contributed by atoms with Gasteiger partial charge in [-0.3, -0.25) is 0 Å². The molecule has 0 bridgehead atoms. The van der Waals surface area contributed by atoms with Crippen molar-refractivity contribution in [1.82, 2.24) is 0 Å². The Morgan fingerprint density at radius 2 is 1.84 bits per heavy atom. The van der Waals surface area contributed by atoms with E-state index in [-0.39, 0.29) is 11.9 Å². The van der Waals surface area contributed by atoms with Gasteiger partial charge in [-0.15, -0.1) is 0 Å². The lowest BCUT2D eigenvalue weighted by Crippen LogP contribution is -2.06. The predicted molar refractivity (Wildman–Crippen MR) is 76.4 cm³/mol. The summed E-state index contributed by atoms with van der Waals surface area (Å²) in [5.41, 5.74) is 1.90. The Bertz CT molecular complexity index is 557. The van der Waals surface area contributed by atoms with Gasteiger partial charge in [0, 0.05) is 11.7 Å². The van der Waals surface area contributed by atoms with Crippen molar-refractivity contribution < 1.29 is 9.13 Å². The van der Waals surface area contributed by atoms with E-state index >= 15 is 0 Å². The molecule has 19 heavy (non-hydrogen) atoms. The van der Waals surface area contributed by atoms with Gasteiger partial charge in [0.2, 0.25) is 0 Å². The molecule has 0 spiro atoms. The normalized spacial score (nSPS) is 12.0. The van der Waals surface area contributed by atoms with Crippen molar-refractivity contribution in [3.63, 3.8) is 0 Å². The zero-order valence-corrected chi connectivity index (χ0v) is 11.5. The standard InChI is InChI=1S/C15H15ClFNO/c1-10(11-3-5-12(17)6-4-11)18-13-7-8-15(19-2)14(16)9-13/h3-10,18H,1-2H3. The molecule has 0 fully saturated rings. The van der Waals surface area contributed by atoms with Crippen LogP contribution in [0.5, 0.6) is 5.75 Å². The van der Waals surface area contributed by atoms with Crippen molar-refractivity contribution in [3.8, 4) is 5.75 Å². The Hall–Kier alpha value is -1.74. The molecular formula is C15H15ClFNO. The zero-order valence-electron chi connectivity index (χ0n) is 10.8. The predicted octanol–water partition coefficient (Wildman–Crippen LogP) is 4.66. The molecule has 100 valence electrons. The lowest BCUT2D eigenvalue weighted by molar-refractivity contribution is 0.415. The van der Waals surface area contributed by atoms with Crippen LogP contribution in [0.3, 0.4) is 0 Å². The molecule has 0 saturated carbocycles. The first-order chi connectivity index (χ1) is 9.10. The van der Waals surface area contributed by atoms with E-state index in [4.69, 9.17) is 16.3 Å². The molecule has 0 saturated heterocycles. The zero-order chi connectivity index (χ0) is 13.8. The van der Waals surface area contributed by atoms with Gasteiger partial charge < -0.3 is 10.1 Å². The second-order valence-corrected chi connectivity index (χ2v) is 4.67. The minimum absolute atomic E-state index is 0.0602. The third-order valence-corrected chi connectivity index (χ3v) is 3.20. The summed E-state index contributed by atoms with van der Waals surface area (Å²) in [6, 6.07) is 12.0. The van der Waals surface area contributed by atoms with Crippen molar-refractivity contribution in [2.75, 3.05) is 12.4 Å². The summed E-state index contributed by atoms with van der Waals surface area (Å²) in [5.74, 6) is 0.407. The molecule has 2 aromatic carbocycles. The maximum atomic E-state index is 12.9. The van der Waals surface area contributed by atoms with Crippen molar-refractivity contribution in [1.29, 1.82) is 0 Å². The monoisotopic (exact) mass is 279 g/mol. The summed E-state index contributed by atoms with van der Waals surface area (Å²) < 4.78 is 18.0. The van der Waals surface area contributed by atoms with E-state index in [0.29, 0.717) is 10.8 Å². The van der Waals surface area contributed by atoms with Crippen LogP contribution in [-0.2, 0) is 0 Å². The van der Waals surface area contributed by atoms with Crippen molar-refractivity contribution in [2.24, 2.45) is 0 Å². The maximum absolute atomic E-state index is 12.9. The van der Waals surface area contributed by atoms with Crippen LogP contribution in [0.25, 0.3) is 0 Å². The van der Waals surface area contributed by atoms with Gasteiger partial charge in [-0.1, -0.05) is 23.7 Å². The van der Waals surface area contributed by atoms with Crippen LogP contribution >= 0.6 is 11.6 Å². The molecule has 2 aromatic rings. The van der Waals surface area contributed by atoms with E-state index < -0.39 is 0 Å². The minimum Gasteiger partial charge on any atom is -0.495 e. The molecule has 1 unspecified atom stereocenters. The largest absolute Gasteiger partial charge is 0.495 e. The van der Waals surface area contributed by atoms with Gasteiger partial charge in [0.05, 0.1) is 12.1 Å². The van der Waals surface area contributed by atoms with Gasteiger partial charge in [0.15, 0.2) is 0 Å². The average molecular weight is 280 g/mol. The number of benzene rings is 2. The fraction of sp³-hybridized carbons (Fsp3) is 0.200. The van der Waals surface area contributed by atoms with Crippen LogP contribution in [0.4, 0.5) is 10.1 Å². The molecule has 0 aliphatic carbocycles. The number of nitrogens with one attached hydrogen (secondary N) is 1. The summed E-state index contributed by atoms with van der Waals surface area (Å²) in [7, 11) is 1.58. The van der Waals surface area contributed by atoms with Crippen LogP contribution < -0.4 is 10.1 Å². The Balaban J connectivity index is 2.12. The highest BCUT2D eigenvalue weighted by molar-refractivity contribution is 6.32. The quantitative estimate of drug-likeness (QED) is 0.879. The molecule has 1 atom stereocenters. The van der Waals surface area contributed by atoms with Gasteiger partial charge in [-0.05, 0) is 42.8 Å². The van der Waals surface area contributed by atoms with Crippen LogP contribution in [0.2, 0.25) is 5.02 Å². The third-order valence-electron chi connectivity index (χ3n) is 2.90. The molecular weight excluding hydrogens is 265 g/mol. The molecule has 4 heteroatoms. The highest BCUT2D eigenvalue weighted by atomic mass is 35.5. The van der Waals surface area contributed by atoms with E-state index in [0.717, 1.165) is 11.3 Å². The SMILES string of the molecule is COc1ccc(NC(C)c2ccc(F)cc2)cc1Cl. The highest BCUT2D eigenvalue weighted by Crippen LogP contribution is 2.29. The molecule has 0 aliphatic heterocycles. The summed E-state index contributed by atoms with van der Waals surface area (Å²) in [6.07, 6.45) is 0. The van der Waals surface area contributed by atoms with Gasteiger partial charge in [0.1, 0.15) is 11.6 Å². The first kappa shape index (κ1) is 13.7. The average Bonchev–Trinajstić information content (AvgIpc) is 2.39. The molecule has 1 N–H and O–H groups in total. The number of rotatable bonds is 4. The summed E-state index contributed by atoms with van der Waals surface area (Å²) in [6.45, 7) is 2.01. The molecule has 2 nitrogen and oxygen atoms in total. The summed E-state index contributed by atoms with van der Waals surface area (Å²) in [4.78, 5) is 0. The van der Waals surface area contributed by atoms with E-state index in [1.54, 1.807) is 25.3 Å². The Morgan fingerprint density at radius 1 is 1.16 bits per heavy atom. The third kappa shape index (κ3) is 3.38. The molecule has 0 heterocycles. The smallest absolute Gasteiger partial charge is 0.137 e. The molecule has 0 aliphatic rings. The Labute approximate surface area is 117 Å². The van der Waals surface area contributed by atoms with Gasteiger partial charge in [0.25, 0.3) is 0 Å². The number of ether oxygens (including phenoxy) is 1. The number of halogens is 2. The van der Waals surface area contributed by atoms with Gasteiger partial charge in [-0.25, -0.2) is 4.39 Å². The van der Waals surface area contributed by atoms with E-state index in [2.05, 4.69) is 5.32 Å². The van der Waals surface area contributed by atoms with Crippen LogP contribution in [-0.4, -0.2) is 7.11 Å². The molecule has 0 amide bonds. The molecule has 2 rings (SSSR count). The van der Waals surface area contributed by atoms with E-state index in [9.17, 15) is 4.39 Å². The fourth-order valence-corrected chi connectivity index (χ4v) is 2.10. The van der Waals surface area contributed by atoms with E-state index in [1.165, 1.54) is 12.1 Å². The lowest BCUT2D eigenvalue weighted by Gasteiger charge is -2.16. The number of hydrogen-bond donors (Lipinski definition) is 1. The highest BCUT2D eigenvalue weighted by Gasteiger charge is 2.07. The number of hydrogen-bond acceptors (Lipinski definition) is 2. The van der Waals surface area contributed by atoms with Crippen molar-refractivity contribution in [2.45, 2.75) is 13.0 Å². The topological polar surface area (TPSA) is 21.3 Å². The number of anilines is 1. The Kier molecular flexibility index (Phi) is 4.27. The lowest BCUT2D eigenvalue weighted by atomic mass is 10.1. The fourth-order valence-electron chi connectivity index (χ4n) is 1.84. The second-order valence-electron chi connectivity index (χ2n) is 4.27. The summed E-state index contributed by atoms with van der Waals surface area (Å²) in [5, 5.41) is 3.86.